The molecule has 1 N–H and O–H groups in total. The van der Waals surface area contributed by atoms with Crippen LogP contribution in [0.4, 0.5) is 5.82 Å². The number of fused-ring (bicyclic) bond motifs is 2. The molecule has 0 radical (unpaired) electrons. The molecule has 2 unspecified atom stereocenters. The lowest BCUT2D eigenvalue weighted by molar-refractivity contribution is 0.0697. The molecule has 21 heavy (non-hydrogen) atoms. The minimum Gasteiger partial charge on any atom is -0.478 e. The fourth-order valence-electron chi connectivity index (χ4n) is 4.51. The lowest BCUT2D eigenvalue weighted by Crippen LogP contribution is -2.36. The van der Waals surface area contributed by atoms with E-state index in [0.29, 0.717) is 11.6 Å². The summed E-state index contributed by atoms with van der Waals surface area (Å²) in [7, 11) is 0. The average Bonchev–Trinajstić information content (AvgIpc) is 3.11. The third kappa shape index (κ3) is 2.12. The summed E-state index contributed by atoms with van der Waals surface area (Å²) < 4.78 is 0. The lowest BCUT2D eigenvalue weighted by atomic mass is 9.85. The molecule has 1 aromatic rings. The molecule has 4 rings (SSSR count). The molecule has 4 heteroatoms. The Labute approximate surface area is 125 Å². The molecule has 2 aliphatic carbocycles. The van der Waals surface area contributed by atoms with E-state index in [1.54, 1.807) is 0 Å². The molecule has 4 nitrogen and oxygen atoms in total. The van der Waals surface area contributed by atoms with Crippen molar-refractivity contribution in [3.05, 3.63) is 22.9 Å². The molecule has 1 saturated heterocycles. The predicted octanol–water partition coefficient (Wildman–Crippen LogP) is 3.04. The molecule has 1 saturated carbocycles. The summed E-state index contributed by atoms with van der Waals surface area (Å²) in [5, 5.41) is 9.59. The quantitative estimate of drug-likeness (QED) is 0.908. The topological polar surface area (TPSA) is 53.4 Å². The van der Waals surface area contributed by atoms with Gasteiger partial charge in [0.15, 0.2) is 0 Å². The van der Waals surface area contributed by atoms with E-state index in [0.717, 1.165) is 48.8 Å². The largest absolute Gasteiger partial charge is 0.478 e. The second-order valence-corrected chi connectivity index (χ2v) is 6.72. The van der Waals surface area contributed by atoms with Gasteiger partial charge in [-0.25, -0.2) is 9.78 Å². The number of carboxylic acid groups (broad SMARTS) is 1. The van der Waals surface area contributed by atoms with E-state index in [1.807, 2.05) is 6.07 Å². The number of hydrogen-bond donors (Lipinski definition) is 1. The van der Waals surface area contributed by atoms with Crippen LogP contribution >= 0.6 is 0 Å². The third-order valence-electron chi connectivity index (χ3n) is 5.54. The van der Waals surface area contributed by atoms with Gasteiger partial charge in [0.05, 0.1) is 0 Å². The van der Waals surface area contributed by atoms with Crippen molar-refractivity contribution >= 4 is 11.8 Å². The Morgan fingerprint density at radius 3 is 2.90 bits per heavy atom. The second-order valence-electron chi connectivity index (χ2n) is 6.72. The first kappa shape index (κ1) is 13.1. The van der Waals surface area contributed by atoms with E-state index in [4.69, 9.17) is 4.98 Å². The van der Waals surface area contributed by atoms with Crippen LogP contribution in [0, 0.1) is 5.92 Å². The number of nitrogens with zero attached hydrogens (tertiary/aromatic N) is 2. The van der Waals surface area contributed by atoms with Crippen molar-refractivity contribution in [2.45, 2.75) is 57.4 Å². The third-order valence-corrected chi connectivity index (χ3v) is 5.54. The number of aromatic carboxylic acids is 1. The van der Waals surface area contributed by atoms with Gasteiger partial charge in [0, 0.05) is 18.3 Å². The number of hydrogen-bond acceptors (Lipinski definition) is 3. The average molecular weight is 286 g/mol. The first-order chi connectivity index (χ1) is 10.2. The van der Waals surface area contributed by atoms with Crippen LogP contribution < -0.4 is 4.90 Å². The highest BCUT2D eigenvalue weighted by Gasteiger charge is 2.38. The summed E-state index contributed by atoms with van der Waals surface area (Å²) in [6, 6.07) is 2.41. The van der Waals surface area contributed by atoms with Crippen LogP contribution in [0.1, 0.15) is 60.1 Å². The smallest absolute Gasteiger partial charge is 0.339 e. The molecule has 0 spiro atoms. The fourth-order valence-corrected chi connectivity index (χ4v) is 4.51. The number of aryl methyl sites for hydroxylation is 2. The minimum atomic E-state index is -0.827. The summed E-state index contributed by atoms with van der Waals surface area (Å²) in [6.07, 6.45) is 9.39. The highest BCUT2D eigenvalue weighted by Crippen LogP contribution is 2.40. The maximum Gasteiger partial charge on any atom is 0.339 e. The van der Waals surface area contributed by atoms with Crippen molar-refractivity contribution in [2.75, 3.05) is 11.4 Å². The lowest BCUT2D eigenvalue weighted by Gasteiger charge is -2.33. The van der Waals surface area contributed by atoms with E-state index in [9.17, 15) is 9.90 Å². The number of rotatable bonds is 2. The van der Waals surface area contributed by atoms with Gasteiger partial charge in [0.1, 0.15) is 11.4 Å². The van der Waals surface area contributed by atoms with Crippen molar-refractivity contribution < 1.29 is 9.90 Å². The van der Waals surface area contributed by atoms with Crippen LogP contribution in [-0.4, -0.2) is 28.6 Å². The SMILES string of the molecule is O=C(O)c1cc2c(nc1N1CCC3CCCCC31)CCC2. The van der Waals surface area contributed by atoms with Crippen LogP contribution in [0.25, 0.3) is 0 Å². The van der Waals surface area contributed by atoms with E-state index >= 15 is 0 Å². The maximum absolute atomic E-state index is 11.7. The van der Waals surface area contributed by atoms with E-state index in [-0.39, 0.29) is 0 Å². The monoisotopic (exact) mass is 286 g/mol. The molecule has 2 heterocycles. The summed E-state index contributed by atoms with van der Waals surface area (Å²) in [6.45, 7) is 0.974. The zero-order chi connectivity index (χ0) is 14.4. The fraction of sp³-hybridized carbons (Fsp3) is 0.647. The normalized spacial score (nSPS) is 27.5. The molecule has 1 aliphatic heterocycles. The van der Waals surface area contributed by atoms with E-state index < -0.39 is 5.97 Å². The number of aromatic nitrogens is 1. The van der Waals surface area contributed by atoms with Crippen molar-refractivity contribution in [3.8, 4) is 0 Å². The van der Waals surface area contributed by atoms with Gasteiger partial charge in [-0.3, -0.25) is 0 Å². The van der Waals surface area contributed by atoms with Gasteiger partial charge in [-0.2, -0.15) is 0 Å². The summed E-state index contributed by atoms with van der Waals surface area (Å²) in [5.74, 6) is 0.666. The van der Waals surface area contributed by atoms with Gasteiger partial charge in [-0.15, -0.1) is 0 Å². The van der Waals surface area contributed by atoms with Gasteiger partial charge in [0.25, 0.3) is 0 Å². The van der Waals surface area contributed by atoms with Crippen LogP contribution in [0.2, 0.25) is 0 Å². The molecule has 0 amide bonds. The Morgan fingerprint density at radius 2 is 2.05 bits per heavy atom. The second kappa shape index (κ2) is 5.00. The predicted molar refractivity (Wildman–Crippen MR) is 80.9 cm³/mol. The Kier molecular flexibility index (Phi) is 3.12. The Balaban J connectivity index is 1.75. The maximum atomic E-state index is 11.7. The van der Waals surface area contributed by atoms with E-state index in [1.165, 1.54) is 32.1 Å². The molecule has 2 atom stereocenters. The molecular weight excluding hydrogens is 264 g/mol. The van der Waals surface area contributed by atoms with E-state index in [2.05, 4.69) is 4.90 Å². The first-order valence-electron chi connectivity index (χ1n) is 8.27. The van der Waals surface area contributed by atoms with Crippen LogP contribution in [0.3, 0.4) is 0 Å². The van der Waals surface area contributed by atoms with Crippen molar-refractivity contribution in [2.24, 2.45) is 5.92 Å². The number of carboxylic acids is 1. The highest BCUT2D eigenvalue weighted by atomic mass is 16.4. The standard InChI is InChI=1S/C17H22N2O2/c20-17(21)13-10-12-5-3-6-14(12)18-16(13)19-9-8-11-4-1-2-7-15(11)19/h10-11,15H,1-9H2,(H,20,21). The Hall–Kier alpha value is -1.58. The van der Waals surface area contributed by atoms with Crippen molar-refractivity contribution in [1.29, 1.82) is 0 Å². The van der Waals surface area contributed by atoms with Crippen LogP contribution in [-0.2, 0) is 12.8 Å². The van der Waals surface area contributed by atoms with Crippen LogP contribution in [0.15, 0.2) is 6.07 Å². The molecule has 0 aromatic carbocycles. The molecule has 1 aromatic heterocycles. The Morgan fingerprint density at radius 1 is 1.19 bits per heavy atom. The molecule has 2 fully saturated rings. The zero-order valence-electron chi connectivity index (χ0n) is 12.3. The van der Waals surface area contributed by atoms with Gasteiger partial charge in [-0.1, -0.05) is 12.8 Å². The van der Waals surface area contributed by atoms with Crippen molar-refractivity contribution in [1.82, 2.24) is 4.98 Å². The van der Waals surface area contributed by atoms with Crippen molar-refractivity contribution in [3.63, 3.8) is 0 Å². The molecule has 112 valence electrons. The number of pyridine rings is 1. The summed E-state index contributed by atoms with van der Waals surface area (Å²) >= 11 is 0. The molecule has 0 bridgehead atoms. The zero-order valence-corrected chi connectivity index (χ0v) is 12.3. The highest BCUT2D eigenvalue weighted by molar-refractivity contribution is 5.94. The summed E-state index contributed by atoms with van der Waals surface area (Å²) in [4.78, 5) is 18.8. The number of anilines is 1. The number of carbonyl (C=O) groups is 1. The van der Waals surface area contributed by atoms with Gasteiger partial charge in [0.2, 0.25) is 0 Å². The van der Waals surface area contributed by atoms with Gasteiger partial charge < -0.3 is 10.0 Å². The van der Waals surface area contributed by atoms with Gasteiger partial charge in [-0.05, 0) is 56.1 Å². The summed E-state index contributed by atoms with van der Waals surface area (Å²) in [5.41, 5.74) is 2.70. The van der Waals surface area contributed by atoms with Gasteiger partial charge >= 0.3 is 5.97 Å². The molecular formula is C17H22N2O2. The Bertz CT molecular complexity index is 584. The van der Waals surface area contributed by atoms with Crippen LogP contribution in [0.5, 0.6) is 0 Å². The first-order valence-corrected chi connectivity index (χ1v) is 8.27. The minimum absolute atomic E-state index is 0.418. The molecule has 3 aliphatic rings.